The lowest BCUT2D eigenvalue weighted by atomic mass is 10.1. The van der Waals surface area contributed by atoms with E-state index in [2.05, 4.69) is 22.4 Å². The number of aromatic amines is 1. The van der Waals surface area contributed by atoms with E-state index in [1.165, 1.54) is 22.2 Å². The Hall–Kier alpha value is -1.48. The molecule has 4 heteroatoms. The van der Waals surface area contributed by atoms with Crippen LogP contribution in [0.25, 0.3) is 10.9 Å². The van der Waals surface area contributed by atoms with Crippen molar-refractivity contribution in [3.05, 3.63) is 35.5 Å². The maximum Gasteiger partial charge on any atom is 0.238 e. The van der Waals surface area contributed by atoms with Gasteiger partial charge in [0.1, 0.15) is 5.38 Å². The van der Waals surface area contributed by atoms with Crippen molar-refractivity contribution in [2.75, 3.05) is 0 Å². The molecule has 2 aromatic rings. The molecule has 3 rings (SSSR count). The Balaban J connectivity index is 1.82. The number of hydrogen-bond donors (Lipinski definition) is 2. The molecule has 0 spiro atoms. The average Bonchev–Trinajstić information content (AvgIpc) is 2.85. The zero-order valence-electron chi connectivity index (χ0n) is 10.2. The molecular formula is C14H15ClN2O. The van der Waals surface area contributed by atoms with Crippen molar-refractivity contribution >= 4 is 28.4 Å². The molecule has 0 radical (unpaired) electrons. The van der Waals surface area contributed by atoms with Gasteiger partial charge in [-0.15, -0.1) is 11.6 Å². The number of carbonyl (C=O) groups excluding carboxylic acids is 1. The lowest BCUT2D eigenvalue weighted by Gasteiger charge is -2.13. The average molecular weight is 263 g/mol. The third-order valence-corrected chi connectivity index (χ3v) is 3.71. The third kappa shape index (κ3) is 1.89. The van der Waals surface area contributed by atoms with Crippen LogP contribution in [-0.2, 0) is 17.6 Å². The van der Waals surface area contributed by atoms with E-state index < -0.39 is 5.38 Å². The number of rotatable bonds is 2. The maximum absolute atomic E-state index is 11.6. The molecule has 18 heavy (non-hydrogen) atoms. The van der Waals surface area contributed by atoms with E-state index in [1.54, 1.807) is 6.92 Å². The summed E-state index contributed by atoms with van der Waals surface area (Å²) in [5.74, 6) is -0.0869. The molecule has 1 heterocycles. The summed E-state index contributed by atoms with van der Waals surface area (Å²) >= 11 is 5.77. The third-order valence-electron chi connectivity index (χ3n) is 3.51. The Morgan fingerprint density at radius 1 is 1.44 bits per heavy atom. The van der Waals surface area contributed by atoms with E-state index in [9.17, 15) is 4.79 Å². The van der Waals surface area contributed by atoms with Gasteiger partial charge in [-0.2, -0.15) is 0 Å². The number of fused-ring (bicyclic) bond motifs is 3. The van der Waals surface area contributed by atoms with Crippen LogP contribution in [0.3, 0.4) is 0 Å². The summed E-state index contributed by atoms with van der Waals surface area (Å²) in [7, 11) is 0. The first-order valence-electron chi connectivity index (χ1n) is 6.18. The van der Waals surface area contributed by atoms with Crippen LogP contribution < -0.4 is 5.32 Å². The van der Waals surface area contributed by atoms with Gasteiger partial charge in [-0.25, -0.2) is 0 Å². The summed E-state index contributed by atoms with van der Waals surface area (Å²) in [5.41, 5.74) is 3.75. The van der Waals surface area contributed by atoms with E-state index in [0.717, 1.165) is 12.8 Å². The molecule has 1 aromatic carbocycles. The summed E-state index contributed by atoms with van der Waals surface area (Å²) < 4.78 is 0. The molecule has 1 aliphatic carbocycles. The second-order valence-electron chi connectivity index (χ2n) is 4.86. The molecule has 1 aromatic heterocycles. The highest BCUT2D eigenvalue weighted by molar-refractivity contribution is 6.30. The van der Waals surface area contributed by atoms with Crippen LogP contribution in [0.15, 0.2) is 24.3 Å². The predicted molar refractivity (Wildman–Crippen MR) is 73.0 cm³/mol. The number of alkyl halides is 1. The van der Waals surface area contributed by atoms with Gasteiger partial charge < -0.3 is 10.3 Å². The van der Waals surface area contributed by atoms with Crippen LogP contribution in [0.2, 0.25) is 0 Å². The number of H-pyrrole nitrogens is 1. The molecular weight excluding hydrogens is 248 g/mol. The molecule has 0 aliphatic heterocycles. The summed E-state index contributed by atoms with van der Waals surface area (Å²) in [6, 6.07) is 8.46. The number of amides is 1. The van der Waals surface area contributed by atoms with Gasteiger partial charge in [0.25, 0.3) is 0 Å². The van der Waals surface area contributed by atoms with Gasteiger partial charge in [-0.3, -0.25) is 4.79 Å². The van der Waals surface area contributed by atoms with Crippen LogP contribution in [0.4, 0.5) is 0 Å². The monoisotopic (exact) mass is 262 g/mol. The fraction of sp³-hybridized carbons (Fsp3) is 0.357. The van der Waals surface area contributed by atoms with Crippen molar-refractivity contribution in [2.45, 2.75) is 31.2 Å². The SMILES string of the molecule is CC(Cl)C(=O)NC1Cc2[nH]c3ccccc3c2C1. The van der Waals surface area contributed by atoms with Crippen LogP contribution in [0.5, 0.6) is 0 Å². The first-order valence-corrected chi connectivity index (χ1v) is 6.61. The summed E-state index contributed by atoms with van der Waals surface area (Å²) in [6.07, 6.45) is 1.74. The largest absolute Gasteiger partial charge is 0.358 e. The van der Waals surface area contributed by atoms with Crippen molar-refractivity contribution in [2.24, 2.45) is 0 Å². The first-order chi connectivity index (χ1) is 8.65. The highest BCUT2D eigenvalue weighted by Gasteiger charge is 2.27. The number of para-hydroxylation sites is 1. The highest BCUT2D eigenvalue weighted by atomic mass is 35.5. The van der Waals surface area contributed by atoms with Gasteiger partial charge in [0.15, 0.2) is 0 Å². The molecule has 0 saturated heterocycles. The Bertz CT molecular complexity index is 603. The molecule has 1 amide bonds. The summed E-state index contributed by atoms with van der Waals surface area (Å²) in [5, 5.41) is 3.78. The Labute approximate surface area is 111 Å². The highest BCUT2D eigenvalue weighted by Crippen LogP contribution is 2.29. The minimum Gasteiger partial charge on any atom is -0.358 e. The van der Waals surface area contributed by atoms with Gasteiger partial charge in [-0.05, 0) is 25.0 Å². The number of hydrogen-bond acceptors (Lipinski definition) is 1. The van der Waals surface area contributed by atoms with Crippen molar-refractivity contribution in [1.82, 2.24) is 10.3 Å². The zero-order valence-corrected chi connectivity index (χ0v) is 10.9. The van der Waals surface area contributed by atoms with Crippen molar-refractivity contribution < 1.29 is 4.79 Å². The zero-order chi connectivity index (χ0) is 12.7. The first kappa shape index (κ1) is 11.6. The number of benzene rings is 1. The number of carbonyl (C=O) groups is 1. The van der Waals surface area contributed by atoms with E-state index in [4.69, 9.17) is 11.6 Å². The quantitative estimate of drug-likeness (QED) is 0.802. The number of nitrogens with one attached hydrogen (secondary N) is 2. The summed E-state index contributed by atoms with van der Waals surface area (Å²) in [4.78, 5) is 15.0. The Morgan fingerprint density at radius 2 is 2.22 bits per heavy atom. The standard InChI is InChI=1S/C14H15ClN2O/c1-8(15)14(18)16-9-6-11-10-4-2-3-5-12(10)17-13(11)7-9/h2-5,8-9,17H,6-7H2,1H3,(H,16,18). The minimum absolute atomic E-state index is 0.0869. The maximum atomic E-state index is 11.6. The Morgan fingerprint density at radius 3 is 3.00 bits per heavy atom. The van der Waals surface area contributed by atoms with Crippen LogP contribution >= 0.6 is 11.6 Å². The lowest BCUT2D eigenvalue weighted by molar-refractivity contribution is -0.121. The topological polar surface area (TPSA) is 44.9 Å². The minimum atomic E-state index is -0.472. The molecule has 0 bridgehead atoms. The molecule has 2 unspecified atom stereocenters. The van der Waals surface area contributed by atoms with Crippen molar-refractivity contribution in [3.63, 3.8) is 0 Å². The predicted octanol–water partition coefficient (Wildman–Crippen LogP) is 2.38. The van der Waals surface area contributed by atoms with Gasteiger partial charge in [0.2, 0.25) is 5.91 Å². The second kappa shape index (κ2) is 4.32. The molecule has 1 aliphatic rings. The number of aromatic nitrogens is 1. The van der Waals surface area contributed by atoms with Gasteiger partial charge >= 0.3 is 0 Å². The van der Waals surface area contributed by atoms with Gasteiger partial charge in [0, 0.05) is 29.1 Å². The van der Waals surface area contributed by atoms with Crippen LogP contribution in [-0.4, -0.2) is 22.3 Å². The fourth-order valence-corrected chi connectivity index (χ4v) is 2.71. The van der Waals surface area contributed by atoms with E-state index in [0.29, 0.717) is 0 Å². The van der Waals surface area contributed by atoms with Crippen molar-refractivity contribution in [3.8, 4) is 0 Å². The van der Waals surface area contributed by atoms with Crippen LogP contribution in [0, 0.1) is 0 Å². The molecule has 94 valence electrons. The fourth-order valence-electron chi connectivity index (χ4n) is 2.65. The van der Waals surface area contributed by atoms with Gasteiger partial charge in [0.05, 0.1) is 0 Å². The van der Waals surface area contributed by atoms with Crippen molar-refractivity contribution in [1.29, 1.82) is 0 Å². The van der Waals surface area contributed by atoms with E-state index in [1.807, 2.05) is 12.1 Å². The lowest BCUT2D eigenvalue weighted by Crippen LogP contribution is -2.39. The summed E-state index contributed by atoms with van der Waals surface area (Å²) in [6.45, 7) is 1.69. The molecule has 2 N–H and O–H groups in total. The molecule has 0 saturated carbocycles. The van der Waals surface area contributed by atoms with Crippen LogP contribution in [0.1, 0.15) is 18.2 Å². The molecule has 2 atom stereocenters. The van der Waals surface area contributed by atoms with E-state index in [-0.39, 0.29) is 11.9 Å². The smallest absolute Gasteiger partial charge is 0.238 e. The van der Waals surface area contributed by atoms with Gasteiger partial charge in [-0.1, -0.05) is 18.2 Å². The molecule has 0 fully saturated rings. The second-order valence-corrected chi connectivity index (χ2v) is 5.51. The molecule has 3 nitrogen and oxygen atoms in total. The normalized spacial score (nSPS) is 19.8. The number of halogens is 1. The van der Waals surface area contributed by atoms with E-state index >= 15 is 0 Å². The Kier molecular flexibility index (Phi) is 2.78.